The van der Waals surface area contributed by atoms with E-state index in [0.29, 0.717) is 16.9 Å². The number of non-ortho nitro benzene ring substituents is 1. The summed E-state index contributed by atoms with van der Waals surface area (Å²) in [7, 11) is 0. The number of aromatic carboxylic acids is 1. The van der Waals surface area contributed by atoms with Crippen LogP contribution >= 0.6 is 0 Å². The van der Waals surface area contributed by atoms with Crippen molar-refractivity contribution < 1.29 is 28.0 Å². The zero-order chi connectivity index (χ0) is 15.7. The predicted molar refractivity (Wildman–Crippen MR) is 62.1 cm³/mol. The van der Waals surface area contributed by atoms with Crippen molar-refractivity contribution in [3.8, 4) is 5.69 Å². The maximum absolute atomic E-state index is 13.7. The van der Waals surface area contributed by atoms with Crippen molar-refractivity contribution in [2.45, 2.75) is 6.43 Å². The van der Waals surface area contributed by atoms with Gasteiger partial charge in [-0.05, 0) is 6.07 Å². The second-order valence-corrected chi connectivity index (χ2v) is 3.87. The molecule has 0 amide bonds. The molecule has 0 saturated heterocycles. The molecule has 1 N–H and O–H groups in total. The van der Waals surface area contributed by atoms with Crippen LogP contribution in [0, 0.1) is 15.9 Å². The molecule has 0 saturated carbocycles. The maximum Gasteiger partial charge on any atom is 0.339 e. The van der Waals surface area contributed by atoms with E-state index in [4.69, 9.17) is 5.11 Å². The number of nitro benzene ring substituents is 1. The second kappa shape index (κ2) is 5.23. The van der Waals surface area contributed by atoms with Crippen LogP contribution in [-0.2, 0) is 0 Å². The Labute approximate surface area is 114 Å². The van der Waals surface area contributed by atoms with E-state index in [0.717, 1.165) is 12.1 Å². The van der Waals surface area contributed by atoms with Gasteiger partial charge in [0.15, 0.2) is 5.82 Å². The minimum absolute atomic E-state index is 0.380. The molecule has 0 unspecified atom stereocenters. The molecule has 2 aromatic rings. The average molecular weight is 301 g/mol. The van der Waals surface area contributed by atoms with Crippen LogP contribution in [0.25, 0.3) is 5.69 Å². The van der Waals surface area contributed by atoms with E-state index in [2.05, 4.69) is 5.10 Å². The van der Waals surface area contributed by atoms with Gasteiger partial charge in [0.05, 0.1) is 11.0 Å². The summed E-state index contributed by atoms with van der Waals surface area (Å²) in [5.41, 5.74) is -2.70. The number of hydrogen-bond donors (Lipinski definition) is 1. The number of rotatable bonds is 4. The number of halogens is 3. The van der Waals surface area contributed by atoms with Gasteiger partial charge < -0.3 is 5.11 Å². The van der Waals surface area contributed by atoms with Crippen LogP contribution < -0.4 is 0 Å². The second-order valence-electron chi connectivity index (χ2n) is 3.87. The van der Waals surface area contributed by atoms with Crippen molar-refractivity contribution in [2.24, 2.45) is 0 Å². The number of aromatic nitrogens is 2. The summed E-state index contributed by atoms with van der Waals surface area (Å²) in [6.07, 6.45) is -2.44. The number of nitrogens with zero attached hydrogens (tertiary/aromatic N) is 3. The first-order valence-electron chi connectivity index (χ1n) is 5.36. The Morgan fingerprint density at radius 3 is 2.52 bits per heavy atom. The van der Waals surface area contributed by atoms with Gasteiger partial charge in [0.2, 0.25) is 0 Å². The molecule has 1 aromatic heterocycles. The Hall–Kier alpha value is -2.91. The van der Waals surface area contributed by atoms with Crippen molar-refractivity contribution in [2.75, 3.05) is 0 Å². The fraction of sp³-hybridized carbons (Fsp3) is 0.0909. The molecular formula is C11H6F3N3O4. The lowest BCUT2D eigenvalue weighted by molar-refractivity contribution is -0.385. The smallest absolute Gasteiger partial charge is 0.339 e. The molecule has 0 bridgehead atoms. The first kappa shape index (κ1) is 14.5. The number of carboxylic acids is 1. The maximum atomic E-state index is 13.7. The lowest BCUT2D eigenvalue weighted by atomic mass is 10.2. The van der Waals surface area contributed by atoms with Crippen LogP contribution in [-0.4, -0.2) is 25.8 Å². The third-order valence-electron chi connectivity index (χ3n) is 2.57. The summed E-state index contributed by atoms with van der Waals surface area (Å²) >= 11 is 0. The molecule has 0 fully saturated rings. The zero-order valence-corrected chi connectivity index (χ0v) is 10.0. The highest BCUT2D eigenvalue weighted by Crippen LogP contribution is 2.25. The quantitative estimate of drug-likeness (QED) is 0.691. The molecule has 0 radical (unpaired) electrons. The fourth-order valence-corrected chi connectivity index (χ4v) is 1.63. The molecule has 0 aliphatic rings. The highest BCUT2D eigenvalue weighted by molar-refractivity contribution is 5.88. The summed E-state index contributed by atoms with van der Waals surface area (Å²) in [6, 6.07) is 2.48. The van der Waals surface area contributed by atoms with Crippen LogP contribution in [0.15, 0.2) is 24.4 Å². The molecule has 0 spiro atoms. The molecule has 7 nitrogen and oxygen atoms in total. The lowest BCUT2D eigenvalue weighted by Crippen LogP contribution is -2.01. The molecule has 21 heavy (non-hydrogen) atoms. The van der Waals surface area contributed by atoms with E-state index in [1.807, 2.05) is 0 Å². The Bertz CT molecular complexity index is 729. The van der Waals surface area contributed by atoms with Crippen LogP contribution in [0.2, 0.25) is 0 Å². The number of carboxylic acid groups (broad SMARTS) is 1. The molecule has 0 aliphatic carbocycles. The van der Waals surface area contributed by atoms with Gasteiger partial charge in [-0.15, -0.1) is 0 Å². The normalized spacial score (nSPS) is 10.9. The zero-order valence-electron chi connectivity index (χ0n) is 10.0. The Morgan fingerprint density at radius 1 is 1.43 bits per heavy atom. The molecule has 0 aliphatic heterocycles. The summed E-state index contributed by atoms with van der Waals surface area (Å²) in [6.45, 7) is 0. The highest BCUT2D eigenvalue weighted by atomic mass is 19.3. The van der Waals surface area contributed by atoms with Crippen molar-refractivity contribution in [3.63, 3.8) is 0 Å². The molecule has 2 rings (SSSR count). The van der Waals surface area contributed by atoms with E-state index < -0.39 is 40.1 Å². The largest absolute Gasteiger partial charge is 0.478 e. The predicted octanol–water partition coefficient (Wildman–Crippen LogP) is 2.56. The van der Waals surface area contributed by atoms with Gasteiger partial charge in [-0.25, -0.2) is 22.6 Å². The highest BCUT2D eigenvalue weighted by Gasteiger charge is 2.24. The van der Waals surface area contributed by atoms with E-state index in [1.165, 1.54) is 0 Å². The molecule has 1 aromatic carbocycles. The summed E-state index contributed by atoms with van der Waals surface area (Å²) in [5, 5.41) is 22.6. The number of alkyl halides is 2. The number of benzene rings is 1. The Kier molecular flexibility index (Phi) is 3.61. The standard InChI is InChI=1S/C11H6F3N3O4/c12-7-3-5(17(20)21)1-2-8(7)16-4-6(11(18)19)9(15-16)10(13)14/h1-4,10H,(H,18,19). The fourth-order valence-electron chi connectivity index (χ4n) is 1.63. The summed E-state index contributed by atoms with van der Waals surface area (Å²) in [4.78, 5) is 20.5. The van der Waals surface area contributed by atoms with Gasteiger partial charge in [-0.3, -0.25) is 10.1 Å². The van der Waals surface area contributed by atoms with E-state index in [1.54, 1.807) is 0 Å². The summed E-state index contributed by atoms with van der Waals surface area (Å²) < 4.78 is 39.7. The van der Waals surface area contributed by atoms with Crippen LogP contribution in [0.1, 0.15) is 22.5 Å². The number of carbonyl (C=O) groups is 1. The van der Waals surface area contributed by atoms with Crippen molar-refractivity contribution in [1.82, 2.24) is 9.78 Å². The third-order valence-corrected chi connectivity index (χ3v) is 2.57. The van der Waals surface area contributed by atoms with Gasteiger partial charge in [0, 0.05) is 12.3 Å². The Morgan fingerprint density at radius 2 is 2.10 bits per heavy atom. The van der Waals surface area contributed by atoms with Gasteiger partial charge in [-0.1, -0.05) is 0 Å². The molecule has 110 valence electrons. The lowest BCUT2D eigenvalue weighted by Gasteiger charge is -2.02. The summed E-state index contributed by atoms with van der Waals surface area (Å²) in [5.74, 6) is -2.73. The van der Waals surface area contributed by atoms with Gasteiger partial charge in [0.1, 0.15) is 16.9 Å². The molecule has 10 heteroatoms. The minimum Gasteiger partial charge on any atom is -0.478 e. The van der Waals surface area contributed by atoms with E-state index >= 15 is 0 Å². The monoisotopic (exact) mass is 301 g/mol. The van der Waals surface area contributed by atoms with Crippen LogP contribution in [0.4, 0.5) is 18.9 Å². The van der Waals surface area contributed by atoms with Crippen LogP contribution in [0.3, 0.4) is 0 Å². The molecule has 1 heterocycles. The topological polar surface area (TPSA) is 98.3 Å². The SMILES string of the molecule is O=C(O)c1cn(-c2ccc([N+](=O)[O-])cc2F)nc1C(F)F. The Balaban J connectivity index is 2.55. The third kappa shape index (κ3) is 2.68. The van der Waals surface area contributed by atoms with E-state index in [9.17, 15) is 28.1 Å². The molecular weight excluding hydrogens is 295 g/mol. The first-order valence-corrected chi connectivity index (χ1v) is 5.36. The van der Waals surface area contributed by atoms with Crippen LogP contribution in [0.5, 0.6) is 0 Å². The minimum atomic E-state index is -3.15. The average Bonchev–Trinajstić information content (AvgIpc) is 2.83. The molecule has 0 atom stereocenters. The first-order chi connectivity index (χ1) is 9.81. The van der Waals surface area contributed by atoms with Gasteiger partial charge in [0.25, 0.3) is 12.1 Å². The van der Waals surface area contributed by atoms with Crippen molar-refractivity contribution in [3.05, 3.63) is 51.6 Å². The van der Waals surface area contributed by atoms with Crippen molar-refractivity contribution in [1.29, 1.82) is 0 Å². The number of nitro groups is 1. The van der Waals surface area contributed by atoms with Gasteiger partial charge >= 0.3 is 5.97 Å². The van der Waals surface area contributed by atoms with Crippen molar-refractivity contribution >= 4 is 11.7 Å². The van der Waals surface area contributed by atoms with Gasteiger partial charge in [-0.2, -0.15) is 5.10 Å². The van der Waals surface area contributed by atoms with E-state index in [-0.39, 0.29) is 5.69 Å². The number of hydrogen-bond acceptors (Lipinski definition) is 4.